The predicted molar refractivity (Wildman–Crippen MR) is 116 cm³/mol. The standard InChI is InChI=1S/C21H23N5O3S/c1-30-9-5-18(27)25-7-4-17-15(13-25)12-23-21(29)19(17)20(28)22-11-14-3-8-26-16(10-14)2-6-24-26/h2-3,6,8,10,12H,4-5,7,9,11,13H2,1H3,(H,22,28)(H,23,29). The summed E-state index contributed by atoms with van der Waals surface area (Å²) in [6.45, 7) is 1.24. The number of pyridine rings is 2. The molecule has 2 N–H and O–H groups in total. The smallest absolute Gasteiger partial charge is 0.261 e. The molecule has 8 nitrogen and oxygen atoms in total. The molecule has 3 aromatic rings. The molecule has 3 aromatic heterocycles. The van der Waals surface area contributed by atoms with Crippen molar-refractivity contribution in [2.45, 2.75) is 25.9 Å². The summed E-state index contributed by atoms with van der Waals surface area (Å²) >= 11 is 1.64. The highest BCUT2D eigenvalue weighted by Crippen LogP contribution is 2.21. The highest BCUT2D eigenvalue weighted by atomic mass is 32.2. The maximum absolute atomic E-state index is 12.8. The van der Waals surface area contributed by atoms with E-state index in [4.69, 9.17) is 0 Å². The lowest BCUT2D eigenvalue weighted by atomic mass is 9.96. The van der Waals surface area contributed by atoms with E-state index in [1.54, 1.807) is 33.6 Å². The van der Waals surface area contributed by atoms with E-state index in [0.29, 0.717) is 32.5 Å². The third-order valence-electron chi connectivity index (χ3n) is 5.30. The summed E-state index contributed by atoms with van der Waals surface area (Å²) in [5.74, 6) is 0.484. The van der Waals surface area contributed by atoms with Gasteiger partial charge in [0, 0.05) is 50.4 Å². The highest BCUT2D eigenvalue weighted by molar-refractivity contribution is 7.98. The van der Waals surface area contributed by atoms with Crippen molar-refractivity contribution in [3.8, 4) is 0 Å². The molecule has 30 heavy (non-hydrogen) atoms. The van der Waals surface area contributed by atoms with Crippen LogP contribution in [-0.2, 0) is 24.3 Å². The molecule has 1 aliphatic heterocycles. The Morgan fingerprint density at radius 3 is 3.03 bits per heavy atom. The second-order valence-corrected chi connectivity index (χ2v) is 8.21. The molecule has 0 saturated heterocycles. The number of nitrogens with one attached hydrogen (secondary N) is 2. The number of amides is 2. The van der Waals surface area contributed by atoms with Gasteiger partial charge < -0.3 is 15.2 Å². The lowest BCUT2D eigenvalue weighted by molar-refractivity contribution is -0.131. The van der Waals surface area contributed by atoms with E-state index in [1.807, 2.05) is 30.7 Å². The number of hydrogen-bond donors (Lipinski definition) is 2. The summed E-state index contributed by atoms with van der Waals surface area (Å²) < 4.78 is 1.75. The van der Waals surface area contributed by atoms with E-state index < -0.39 is 11.5 Å². The van der Waals surface area contributed by atoms with E-state index in [1.165, 1.54) is 0 Å². The van der Waals surface area contributed by atoms with Crippen molar-refractivity contribution >= 4 is 29.1 Å². The minimum Gasteiger partial charge on any atom is -0.348 e. The molecule has 0 unspecified atom stereocenters. The van der Waals surface area contributed by atoms with Crippen LogP contribution >= 0.6 is 11.8 Å². The van der Waals surface area contributed by atoms with Crippen LogP contribution in [-0.4, -0.2) is 49.9 Å². The maximum atomic E-state index is 12.8. The van der Waals surface area contributed by atoms with Gasteiger partial charge in [-0.15, -0.1) is 0 Å². The Morgan fingerprint density at radius 1 is 1.33 bits per heavy atom. The van der Waals surface area contributed by atoms with Crippen LogP contribution in [0.2, 0.25) is 0 Å². The Labute approximate surface area is 177 Å². The average Bonchev–Trinajstić information content (AvgIpc) is 3.23. The third-order valence-corrected chi connectivity index (χ3v) is 5.92. The summed E-state index contributed by atoms with van der Waals surface area (Å²) in [5, 5.41) is 7.01. The number of carbonyl (C=O) groups excluding carboxylic acids is 2. The van der Waals surface area contributed by atoms with Gasteiger partial charge in [-0.1, -0.05) is 0 Å². The van der Waals surface area contributed by atoms with Crippen LogP contribution in [0.1, 0.15) is 33.5 Å². The summed E-state index contributed by atoms with van der Waals surface area (Å²) in [5.41, 5.74) is 3.15. The van der Waals surface area contributed by atoms with Crippen molar-refractivity contribution in [2.24, 2.45) is 0 Å². The van der Waals surface area contributed by atoms with Gasteiger partial charge in [-0.25, -0.2) is 4.52 Å². The number of rotatable bonds is 6. The largest absolute Gasteiger partial charge is 0.348 e. The SMILES string of the molecule is CSCCC(=O)N1CCc2c(c[nH]c(=O)c2C(=O)NCc2ccn3nccc3c2)C1. The summed E-state index contributed by atoms with van der Waals surface area (Å²) in [7, 11) is 0. The molecule has 0 atom stereocenters. The van der Waals surface area contributed by atoms with Crippen molar-refractivity contribution < 1.29 is 9.59 Å². The first-order valence-corrected chi connectivity index (χ1v) is 11.2. The van der Waals surface area contributed by atoms with E-state index in [-0.39, 0.29) is 11.5 Å². The van der Waals surface area contributed by atoms with Crippen LogP contribution in [0.3, 0.4) is 0 Å². The lowest BCUT2D eigenvalue weighted by Gasteiger charge is -2.29. The van der Waals surface area contributed by atoms with Crippen LogP contribution in [0.5, 0.6) is 0 Å². The molecule has 0 fully saturated rings. The molecule has 4 rings (SSSR count). The van der Waals surface area contributed by atoms with Gasteiger partial charge in [0.05, 0.1) is 5.52 Å². The van der Waals surface area contributed by atoms with Crippen molar-refractivity contribution in [3.63, 3.8) is 0 Å². The molecule has 2 amide bonds. The quantitative estimate of drug-likeness (QED) is 0.625. The van der Waals surface area contributed by atoms with Gasteiger partial charge in [0.1, 0.15) is 5.56 Å². The van der Waals surface area contributed by atoms with Gasteiger partial charge in [-0.2, -0.15) is 16.9 Å². The number of aromatic nitrogens is 3. The molecular weight excluding hydrogens is 402 g/mol. The molecule has 0 spiro atoms. The molecule has 1 aliphatic rings. The molecule has 0 bridgehead atoms. The summed E-state index contributed by atoms with van der Waals surface area (Å²) in [4.78, 5) is 42.1. The van der Waals surface area contributed by atoms with Gasteiger partial charge in [0.2, 0.25) is 5.91 Å². The van der Waals surface area contributed by atoms with Crippen LogP contribution in [0.4, 0.5) is 0 Å². The molecule has 0 radical (unpaired) electrons. The fraction of sp³-hybridized carbons (Fsp3) is 0.333. The van der Waals surface area contributed by atoms with Gasteiger partial charge in [-0.05, 0) is 47.6 Å². The zero-order valence-corrected chi connectivity index (χ0v) is 17.5. The lowest BCUT2D eigenvalue weighted by Crippen LogP contribution is -2.39. The van der Waals surface area contributed by atoms with Crippen LogP contribution < -0.4 is 10.9 Å². The van der Waals surface area contributed by atoms with Gasteiger partial charge >= 0.3 is 0 Å². The second-order valence-electron chi connectivity index (χ2n) is 7.22. The summed E-state index contributed by atoms with van der Waals surface area (Å²) in [6, 6.07) is 5.70. The van der Waals surface area contributed by atoms with Crippen molar-refractivity contribution in [1.82, 2.24) is 24.8 Å². The topological polar surface area (TPSA) is 99.6 Å². The Bertz CT molecular complexity index is 1150. The van der Waals surface area contributed by atoms with Crippen molar-refractivity contribution in [2.75, 3.05) is 18.6 Å². The molecule has 4 heterocycles. The molecule has 156 valence electrons. The molecule has 0 aromatic carbocycles. The Morgan fingerprint density at radius 2 is 2.20 bits per heavy atom. The number of carbonyl (C=O) groups is 2. The van der Waals surface area contributed by atoms with Crippen LogP contribution in [0, 0.1) is 0 Å². The van der Waals surface area contributed by atoms with E-state index >= 15 is 0 Å². The van der Waals surface area contributed by atoms with Gasteiger partial charge in [0.15, 0.2) is 0 Å². The van der Waals surface area contributed by atoms with E-state index in [9.17, 15) is 14.4 Å². The van der Waals surface area contributed by atoms with Gasteiger partial charge in [-0.3, -0.25) is 14.4 Å². The van der Waals surface area contributed by atoms with E-state index in [2.05, 4.69) is 15.4 Å². The van der Waals surface area contributed by atoms with Crippen LogP contribution in [0.25, 0.3) is 5.52 Å². The zero-order chi connectivity index (χ0) is 21.1. The Balaban J connectivity index is 1.49. The minimum atomic E-state index is -0.403. The Kier molecular flexibility index (Phi) is 5.89. The third kappa shape index (κ3) is 4.11. The number of H-pyrrole nitrogens is 1. The summed E-state index contributed by atoms with van der Waals surface area (Å²) in [6.07, 6.45) is 8.13. The number of hydrogen-bond acceptors (Lipinski definition) is 5. The molecule has 9 heteroatoms. The number of aromatic amines is 1. The first-order chi connectivity index (χ1) is 14.6. The highest BCUT2D eigenvalue weighted by Gasteiger charge is 2.26. The number of fused-ring (bicyclic) bond motifs is 2. The van der Waals surface area contributed by atoms with Gasteiger partial charge in [0.25, 0.3) is 11.5 Å². The molecule has 0 aliphatic carbocycles. The van der Waals surface area contributed by atoms with E-state index in [0.717, 1.165) is 28.0 Å². The molecule has 0 saturated carbocycles. The first kappa shape index (κ1) is 20.2. The monoisotopic (exact) mass is 425 g/mol. The van der Waals surface area contributed by atoms with Crippen molar-refractivity contribution in [3.05, 3.63) is 69.4 Å². The number of nitrogens with zero attached hydrogens (tertiary/aromatic N) is 3. The maximum Gasteiger partial charge on any atom is 0.261 e. The zero-order valence-electron chi connectivity index (χ0n) is 16.7. The Hall–Kier alpha value is -3.07. The normalized spacial score (nSPS) is 13.3. The average molecular weight is 426 g/mol. The number of thioether (sulfide) groups is 1. The fourth-order valence-corrected chi connectivity index (χ4v) is 4.10. The van der Waals surface area contributed by atoms with Crippen molar-refractivity contribution in [1.29, 1.82) is 0 Å². The second kappa shape index (κ2) is 8.74. The first-order valence-electron chi connectivity index (χ1n) is 9.77. The van der Waals surface area contributed by atoms with Crippen LogP contribution in [0.15, 0.2) is 41.6 Å². The fourth-order valence-electron chi connectivity index (χ4n) is 3.72. The minimum absolute atomic E-state index is 0.0995. The molecular formula is C21H23N5O3S. The predicted octanol–water partition coefficient (Wildman–Crippen LogP) is 1.59.